The van der Waals surface area contributed by atoms with E-state index in [9.17, 15) is 0 Å². The van der Waals surface area contributed by atoms with E-state index >= 15 is 0 Å². The van der Waals surface area contributed by atoms with Gasteiger partial charge in [-0.1, -0.05) is 13.0 Å². The number of rotatable bonds is 7. The second-order valence-electron chi connectivity index (χ2n) is 4.42. The summed E-state index contributed by atoms with van der Waals surface area (Å²) < 4.78 is 6.58. The zero-order chi connectivity index (χ0) is 14.2. The number of aromatic nitrogens is 2. The van der Waals surface area contributed by atoms with E-state index in [0.29, 0.717) is 6.61 Å². The fraction of sp³-hybridized carbons (Fsp3) is 0.333. The first-order valence-electron chi connectivity index (χ1n) is 6.67. The Labute approximate surface area is 127 Å². The maximum Gasteiger partial charge on any atom is 0.139 e. The molecular weight excluding hydrogens is 318 g/mol. The van der Waals surface area contributed by atoms with E-state index in [1.54, 1.807) is 12.4 Å². The summed E-state index contributed by atoms with van der Waals surface area (Å²) in [5, 5.41) is 3.34. The van der Waals surface area contributed by atoms with Gasteiger partial charge in [0.25, 0.3) is 0 Å². The molecular formula is C15H18BrN3O. The molecule has 0 saturated carbocycles. The summed E-state index contributed by atoms with van der Waals surface area (Å²) in [6.45, 7) is 4.39. The normalized spacial score (nSPS) is 10.5. The summed E-state index contributed by atoms with van der Waals surface area (Å²) in [4.78, 5) is 8.62. The summed E-state index contributed by atoms with van der Waals surface area (Å²) in [5.74, 6) is 0.732. The molecule has 2 aromatic rings. The summed E-state index contributed by atoms with van der Waals surface area (Å²) in [6.07, 6.45) is 4.54. The Morgan fingerprint density at radius 2 is 2.10 bits per heavy atom. The molecule has 0 spiro atoms. The molecule has 2 rings (SSSR count). The second-order valence-corrected chi connectivity index (χ2v) is 5.34. The molecule has 0 atom stereocenters. The van der Waals surface area contributed by atoms with Crippen LogP contribution in [-0.4, -0.2) is 16.5 Å². The highest BCUT2D eigenvalue weighted by atomic mass is 79.9. The molecule has 0 aliphatic rings. The molecule has 0 bridgehead atoms. The summed E-state index contributed by atoms with van der Waals surface area (Å²) in [5.41, 5.74) is 1.95. The average Bonchev–Trinajstić information content (AvgIpc) is 2.46. The van der Waals surface area contributed by atoms with Crippen molar-refractivity contribution in [2.75, 3.05) is 6.54 Å². The van der Waals surface area contributed by atoms with Crippen LogP contribution in [0.5, 0.6) is 5.75 Å². The van der Waals surface area contributed by atoms with Gasteiger partial charge in [-0.05, 0) is 47.1 Å². The standard InChI is InChI=1S/C15H18BrN3O/c1-2-6-17-9-13-4-3-5-14(19-13)11-20-15-7-12(16)8-18-10-15/h3-5,7-8,10,17H,2,6,9,11H2,1H3. The van der Waals surface area contributed by atoms with Gasteiger partial charge < -0.3 is 10.1 Å². The SMILES string of the molecule is CCCNCc1cccc(COc2cncc(Br)c2)n1. The van der Waals surface area contributed by atoms with Crippen LogP contribution >= 0.6 is 15.9 Å². The molecule has 0 fully saturated rings. The molecule has 0 radical (unpaired) electrons. The topological polar surface area (TPSA) is 47.0 Å². The smallest absolute Gasteiger partial charge is 0.139 e. The van der Waals surface area contributed by atoms with Crippen LogP contribution in [-0.2, 0) is 13.2 Å². The largest absolute Gasteiger partial charge is 0.486 e. The minimum absolute atomic E-state index is 0.444. The lowest BCUT2D eigenvalue weighted by atomic mass is 10.3. The Balaban J connectivity index is 1.91. The summed E-state index contributed by atoms with van der Waals surface area (Å²) in [7, 11) is 0. The highest BCUT2D eigenvalue weighted by molar-refractivity contribution is 9.10. The van der Waals surface area contributed by atoms with Crippen LogP contribution in [0.3, 0.4) is 0 Å². The minimum atomic E-state index is 0.444. The van der Waals surface area contributed by atoms with Gasteiger partial charge in [0.1, 0.15) is 12.4 Å². The molecule has 20 heavy (non-hydrogen) atoms. The minimum Gasteiger partial charge on any atom is -0.486 e. The maximum atomic E-state index is 5.68. The van der Waals surface area contributed by atoms with Gasteiger partial charge in [-0.15, -0.1) is 0 Å². The fourth-order valence-electron chi connectivity index (χ4n) is 1.73. The number of hydrogen-bond donors (Lipinski definition) is 1. The summed E-state index contributed by atoms with van der Waals surface area (Å²) >= 11 is 3.37. The van der Waals surface area contributed by atoms with Gasteiger partial charge in [-0.25, -0.2) is 0 Å². The lowest BCUT2D eigenvalue weighted by Gasteiger charge is -2.07. The molecule has 0 aliphatic carbocycles. The van der Waals surface area contributed by atoms with Crippen molar-refractivity contribution in [2.24, 2.45) is 0 Å². The first-order chi connectivity index (χ1) is 9.78. The third kappa shape index (κ3) is 4.90. The molecule has 106 valence electrons. The van der Waals surface area contributed by atoms with Crippen molar-refractivity contribution in [3.05, 3.63) is 52.5 Å². The first-order valence-corrected chi connectivity index (χ1v) is 7.46. The van der Waals surface area contributed by atoms with Crippen LogP contribution in [0.15, 0.2) is 41.1 Å². The third-order valence-corrected chi connectivity index (χ3v) is 3.10. The van der Waals surface area contributed by atoms with E-state index in [2.05, 4.69) is 38.1 Å². The van der Waals surface area contributed by atoms with Crippen LogP contribution in [0, 0.1) is 0 Å². The zero-order valence-electron chi connectivity index (χ0n) is 11.5. The molecule has 0 unspecified atom stereocenters. The first kappa shape index (κ1) is 14.9. The highest BCUT2D eigenvalue weighted by Gasteiger charge is 2.00. The van der Waals surface area contributed by atoms with E-state index < -0.39 is 0 Å². The molecule has 0 aliphatic heterocycles. The van der Waals surface area contributed by atoms with E-state index in [4.69, 9.17) is 4.74 Å². The maximum absolute atomic E-state index is 5.68. The van der Waals surface area contributed by atoms with Gasteiger partial charge in [0.15, 0.2) is 0 Å². The number of halogens is 1. The van der Waals surface area contributed by atoms with Crippen LogP contribution in [0.2, 0.25) is 0 Å². The molecule has 0 aromatic carbocycles. The Kier molecular flexibility index (Phi) is 5.95. The van der Waals surface area contributed by atoms with E-state index in [-0.39, 0.29) is 0 Å². The van der Waals surface area contributed by atoms with E-state index in [0.717, 1.165) is 41.1 Å². The zero-order valence-corrected chi connectivity index (χ0v) is 13.1. The number of pyridine rings is 2. The Morgan fingerprint density at radius 3 is 2.90 bits per heavy atom. The van der Waals surface area contributed by atoms with Gasteiger partial charge in [0.2, 0.25) is 0 Å². The molecule has 2 aromatic heterocycles. The van der Waals surface area contributed by atoms with Gasteiger partial charge in [-0.3, -0.25) is 9.97 Å². The number of nitrogens with zero attached hydrogens (tertiary/aromatic N) is 2. The Hall–Kier alpha value is -1.46. The number of hydrogen-bond acceptors (Lipinski definition) is 4. The second kappa shape index (κ2) is 7.97. The van der Waals surface area contributed by atoms with Crippen LogP contribution in [0.4, 0.5) is 0 Å². The van der Waals surface area contributed by atoms with E-state index in [1.807, 2.05) is 24.3 Å². The van der Waals surface area contributed by atoms with E-state index in [1.165, 1.54) is 0 Å². The Bertz CT molecular complexity index is 548. The van der Waals surface area contributed by atoms with Crippen molar-refractivity contribution >= 4 is 15.9 Å². The van der Waals surface area contributed by atoms with Crippen LogP contribution < -0.4 is 10.1 Å². The lowest BCUT2D eigenvalue weighted by molar-refractivity contribution is 0.299. The number of nitrogens with one attached hydrogen (secondary N) is 1. The van der Waals surface area contributed by atoms with Crippen molar-refractivity contribution in [1.29, 1.82) is 0 Å². The lowest BCUT2D eigenvalue weighted by Crippen LogP contribution is -2.15. The molecule has 0 saturated heterocycles. The monoisotopic (exact) mass is 335 g/mol. The van der Waals surface area contributed by atoms with Crippen molar-refractivity contribution in [2.45, 2.75) is 26.5 Å². The van der Waals surface area contributed by atoms with Crippen molar-refractivity contribution in [1.82, 2.24) is 15.3 Å². The quantitative estimate of drug-likeness (QED) is 0.788. The number of ether oxygens (including phenoxy) is 1. The molecule has 1 N–H and O–H groups in total. The van der Waals surface area contributed by atoms with Crippen LogP contribution in [0.25, 0.3) is 0 Å². The molecule has 2 heterocycles. The predicted octanol–water partition coefficient (Wildman–Crippen LogP) is 3.32. The van der Waals surface area contributed by atoms with Gasteiger partial charge >= 0.3 is 0 Å². The third-order valence-electron chi connectivity index (χ3n) is 2.66. The predicted molar refractivity (Wildman–Crippen MR) is 82.5 cm³/mol. The molecule has 5 heteroatoms. The van der Waals surface area contributed by atoms with Crippen molar-refractivity contribution in [3.63, 3.8) is 0 Å². The van der Waals surface area contributed by atoms with Gasteiger partial charge in [0.05, 0.1) is 17.6 Å². The van der Waals surface area contributed by atoms with Crippen molar-refractivity contribution in [3.8, 4) is 5.75 Å². The average molecular weight is 336 g/mol. The Morgan fingerprint density at radius 1 is 1.25 bits per heavy atom. The van der Waals surface area contributed by atoms with Crippen LogP contribution in [0.1, 0.15) is 24.7 Å². The van der Waals surface area contributed by atoms with Gasteiger partial charge in [-0.2, -0.15) is 0 Å². The summed E-state index contributed by atoms with van der Waals surface area (Å²) in [6, 6.07) is 7.88. The molecule has 0 amide bonds. The fourth-order valence-corrected chi connectivity index (χ4v) is 2.07. The van der Waals surface area contributed by atoms with Crippen molar-refractivity contribution < 1.29 is 4.74 Å². The molecule has 4 nitrogen and oxygen atoms in total. The highest BCUT2D eigenvalue weighted by Crippen LogP contribution is 2.16. The van der Waals surface area contributed by atoms with Gasteiger partial charge in [0, 0.05) is 17.2 Å².